The summed E-state index contributed by atoms with van der Waals surface area (Å²) in [6, 6.07) is 1.97. The average molecular weight is 273 g/mol. The Kier molecular flexibility index (Phi) is 7.38. The summed E-state index contributed by atoms with van der Waals surface area (Å²) < 4.78 is 38.6. The van der Waals surface area contributed by atoms with Crippen LogP contribution in [0.2, 0.25) is 0 Å². The molecule has 0 atom stereocenters. The van der Waals surface area contributed by atoms with Crippen molar-refractivity contribution in [3.8, 4) is 0 Å². The zero-order valence-corrected chi connectivity index (χ0v) is 11.4. The minimum Gasteiger partial charge on any atom is -0.385 e. The van der Waals surface area contributed by atoms with Crippen molar-refractivity contribution in [2.75, 3.05) is 11.9 Å². The Morgan fingerprint density at radius 1 is 0.842 bits per heavy atom. The Morgan fingerprint density at radius 3 is 1.95 bits per heavy atom. The van der Waals surface area contributed by atoms with Crippen LogP contribution in [0.4, 0.5) is 18.9 Å². The Balaban J connectivity index is 2.16. The molecule has 1 N–H and O–H groups in total. The van der Waals surface area contributed by atoms with E-state index in [2.05, 4.69) is 12.2 Å². The van der Waals surface area contributed by atoms with Crippen LogP contribution < -0.4 is 5.32 Å². The van der Waals surface area contributed by atoms with Crippen molar-refractivity contribution >= 4 is 5.69 Å². The van der Waals surface area contributed by atoms with E-state index in [1.165, 1.54) is 32.1 Å². The summed E-state index contributed by atoms with van der Waals surface area (Å²) in [5, 5.41) is 2.91. The third kappa shape index (κ3) is 5.99. The monoisotopic (exact) mass is 273 g/mol. The summed E-state index contributed by atoms with van der Waals surface area (Å²) in [5.74, 6) is -3.72. The van der Waals surface area contributed by atoms with Gasteiger partial charge in [0.2, 0.25) is 0 Å². The Bertz CT molecular complexity index is 357. The lowest BCUT2D eigenvalue weighted by atomic mass is 10.1. The van der Waals surface area contributed by atoms with Crippen LogP contribution in [0.15, 0.2) is 12.1 Å². The van der Waals surface area contributed by atoms with E-state index in [1.807, 2.05) is 0 Å². The first-order chi connectivity index (χ1) is 9.15. The third-order valence-electron chi connectivity index (χ3n) is 3.09. The molecule has 1 aromatic carbocycles. The summed E-state index contributed by atoms with van der Waals surface area (Å²) in [7, 11) is 0. The van der Waals surface area contributed by atoms with Crippen molar-refractivity contribution in [3.63, 3.8) is 0 Å². The molecule has 0 radical (unpaired) electrons. The summed E-state index contributed by atoms with van der Waals surface area (Å²) in [5.41, 5.74) is 0.294. The van der Waals surface area contributed by atoms with Crippen LogP contribution in [0, 0.1) is 17.5 Å². The number of halogens is 3. The van der Waals surface area contributed by atoms with Gasteiger partial charge in [-0.2, -0.15) is 0 Å². The molecule has 4 heteroatoms. The number of rotatable bonds is 9. The third-order valence-corrected chi connectivity index (χ3v) is 3.09. The van der Waals surface area contributed by atoms with Gasteiger partial charge in [0, 0.05) is 24.4 Å². The Hall–Kier alpha value is -1.19. The quantitative estimate of drug-likeness (QED) is 0.477. The van der Waals surface area contributed by atoms with Crippen LogP contribution in [0.3, 0.4) is 0 Å². The molecule has 0 aromatic heterocycles. The van der Waals surface area contributed by atoms with Gasteiger partial charge in [0.1, 0.15) is 0 Å². The smallest absolute Gasteiger partial charge is 0.194 e. The lowest BCUT2D eigenvalue weighted by Crippen LogP contribution is -2.03. The van der Waals surface area contributed by atoms with Crippen molar-refractivity contribution in [1.82, 2.24) is 0 Å². The fraction of sp³-hybridized carbons (Fsp3) is 0.600. The van der Waals surface area contributed by atoms with Crippen molar-refractivity contribution in [3.05, 3.63) is 29.6 Å². The molecule has 0 bridgehead atoms. The van der Waals surface area contributed by atoms with E-state index in [1.54, 1.807) is 0 Å². The van der Waals surface area contributed by atoms with Gasteiger partial charge in [-0.3, -0.25) is 0 Å². The molecule has 0 fully saturated rings. The van der Waals surface area contributed by atoms with Crippen molar-refractivity contribution in [1.29, 1.82) is 0 Å². The van der Waals surface area contributed by atoms with Gasteiger partial charge >= 0.3 is 0 Å². The van der Waals surface area contributed by atoms with Crippen molar-refractivity contribution in [2.24, 2.45) is 0 Å². The summed E-state index contributed by atoms with van der Waals surface area (Å²) in [6.07, 6.45) is 8.28. The van der Waals surface area contributed by atoms with E-state index in [0.29, 0.717) is 12.2 Å². The molecule has 0 amide bonds. The number of hydrogen-bond donors (Lipinski definition) is 1. The van der Waals surface area contributed by atoms with Gasteiger partial charge in [-0.15, -0.1) is 0 Å². The molecule has 108 valence electrons. The maximum absolute atomic E-state index is 12.9. The highest BCUT2D eigenvalue weighted by molar-refractivity contribution is 5.43. The highest BCUT2D eigenvalue weighted by atomic mass is 19.2. The Morgan fingerprint density at radius 2 is 1.37 bits per heavy atom. The number of unbranched alkanes of at least 4 members (excludes halogenated alkanes) is 6. The average Bonchev–Trinajstić information content (AvgIpc) is 2.39. The predicted molar refractivity (Wildman–Crippen MR) is 72.8 cm³/mol. The van der Waals surface area contributed by atoms with Crippen LogP contribution in [0.1, 0.15) is 51.9 Å². The van der Waals surface area contributed by atoms with E-state index >= 15 is 0 Å². The summed E-state index contributed by atoms with van der Waals surface area (Å²) in [6.45, 7) is 2.84. The van der Waals surface area contributed by atoms with Gasteiger partial charge in [-0.1, -0.05) is 45.4 Å². The van der Waals surface area contributed by atoms with E-state index < -0.39 is 17.5 Å². The topological polar surface area (TPSA) is 12.0 Å². The van der Waals surface area contributed by atoms with Gasteiger partial charge in [-0.05, 0) is 6.42 Å². The summed E-state index contributed by atoms with van der Waals surface area (Å²) in [4.78, 5) is 0. The van der Waals surface area contributed by atoms with Crippen LogP contribution in [0.5, 0.6) is 0 Å². The molecule has 0 saturated heterocycles. The van der Waals surface area contributed by atoms with Gasteiger partial charge in [0.05, 0.1) is 0 Å². The number of benzene rings is 1. The molecule has 1 nitrogen and oxygen atoms in total. The first-order valence-corrected chi connectivity index (χ1v) is 7.03. The molecule has 0 spiro atoms. The maximum Gasteiger partial charge on any atom is 0.194 e. The number of anilines is 1. The fourth-order valence-electron chi connectivity index (χ4n) is 1.97. The van der Waals surface area contributed by atoms with Gasteiger partial charge in [0.25, 0.3) is 0 Å². The largest absolute Gasteiger partial charge is 0.385 e. The second-order valence-corrected chi connectivity index (χ2v) is 4.80. The Labute approximate surface area is 113 Å². The van der Waals surface area contributed by atoms with Crippen molar-refractivity contribution in [2.45, 2.75) is 51.9 Å². The van der Waals surface area contributed by atoms with Crippen LogP contribution in [-0.2, 0) is 0 Å². The molecular formula is C15H22F3N. The lowest BCUT2D eigenvalue weighted by molar-refractivity contribution is 0.447. The molecule has 1 aromatic rings. The van der Waals surface area contributed by atoms with Crippen LogP contribution in [-0.4, -0.2) is 6.54 Å². The van der Waals surface area contributed by atoms with Gasteiger partial charge in [-0.25, -0.2) is 13.2 Å². The molecule has 1 rings (SSSR count). The normalized spacial score (nSPS) is 10.7. The number of hydrogen-bond acceptors (Lipinski definition) is 1. The van der Waals surface area contributed by atoms with E-state index in [9.17, 15) is 13.2 Å². The van der Waals surface area contributed by atoms with Gasteiger partial charge < -0.3 is 5.32 Å². The molecule has 0 saturated carbocycles. The molecule has 0 unspecified atom stereocenters. The minimum atomic E-state index is -1.42. The molecule has 0 aliphatic carbocycles. The van der Waals surface area contributed by atoms with Crippen LogP contribution in [0.25, 0.3) is 0 Å². The molecule has 0 aliphatic rings. The zero-order valence-electron chi connectivity index (χ0n) is 11.4. The highest BCUT2D eigenvalue weighted by Crippen LogP contribution is 2.17. The second-order valence-electron chi connectivity index (χ2n) is 4.80. The van der Waals surface area contributed by atoms with E-state index in [4.69, 9.17) is 0 Å². The standard InChI is InChI=1S/C15H22F3N/c1-2-3-4-5-6-7-8-9-19-12-10-13(16)15(18)14(17)11-12/h10-11,19H,2-9H2,1H3. The number of nitrogens with one attached hydrogen (secondary N) is 1. The summed E-state index contributed by atoms with van der Waals surface area (Å²) >= 11 is 0. The second kappa shape index (κ2) is 8.83. The highest BCUT2D eigenvalue weighted by Gasteiger charge is 2.09. The SMILES string of the molecule is CCCCCCCCCNc1cc(F)c(F)c(F)c1. The first kappa shape index (κ1) is 15.9. The fourth-order valence-corrected chi connectivity index (χ4v) is 1.97. The van der Waals surface area contributed by atoms with E-state index in [0.717, 1.165) is 25.0 Å². The lowest BCUT2D eigenvalue weighted by Gasteiger charge is -2.07. The molecule has 0 heterocycles. The molecule has 19 heavy (non-hydrogen) atoms. The van der Waals surface area contributed by atoms with Crippen molar-refractivity contribution < 1.29 is 13.2 Å². The first-order valence-electron chi connectivity index (χ1n) is 7.03. The maximum atomic E-state index is 12.9. The minimum absolute atomic E-state index is 0.294. The van der Waals surface area contributed by atoms with E-state index in [-0.39, 0.29) is 0 Å². The van der Waals surface area contributed by atoms with Gasteiger partial charge in [0.15, 0.2) is 17.5 Å². The molecular weight excluding hydrogens is 251 g/mol. The predicted octanol–water partition coefficient (Wildman–Crippen LogP) is 5.27. The molecule has 0 aliphatic heterocycles. The zero-order chi connectivity index (χ0) is 14.1. The van der Waals surface area contributed by atoms with Crippen LogP contribution >= 0.6 is 0 Å².